The Labute approximate surface area is 94.2 Å². The number of carbonyl (C=O) groups excluding carboxylic acids is 1. The second kappa shape index (κ2) is 4.23. The third kappa shape index (κ3) is 2.32. The molecule has 2 rings (SSSR count). The molecule has 0 amide bonds. The maximum Gasteiger partial charge on any atom is 0.165 e. The molecule has 2 nitrogen and oxygen atoms in total. The minimum Gasteiger partial charge on any atom is -0.492 e. The van der Waals surface area contributed by atoms with E-state index in [4.69, 9.17) is 16.3 Å². The molecular formula is C12H13ClO2. The molecule has 0 saturated heterocycles. The van der Waals surface area contributed by atoms with E-state index < -0.39 is 0 Å². The molecule has 0 N–H and O–H groups in total. The number of rotatable bonds is 4. The summed E-state index contributed by atoms with van der Waals surface area (Å²) in [4.78, 5) is 11.7. The average molecular weight is 225 g/mol. The van der Waals surface area contributed by atoms with Crippen LogP contribution in [0.2, 0.25) is 5.02 Å². The maximum atomic E-state index is 11.7. The fourth-order valence-corrected chi connectivity index (χ4v) is 1.74. The summed E-state index contributed by atoms with van der Waals surface area (Å²) in [6.45, 7) is 2.48. The quantitative estimate of drug-likeness (QED) is 0.734. The number of ketones is 1. The first-order valence-electron chi connectivity index (χ1n) is 5.19. The molecule has 1 aromatic rings. The van der Waals surface area contributed by atoms with E-state index in [1.54, 1.807) is 18.2 Å². The van der Waals surface area contributed by atoms with E-state index in [9.17, 15) is 4.79 Å². The highest BCUT2D eigenvalue weighted by Gasteiger charge is 2.30. The van der Waals surface area contributed by atoms with Crippen molar-refractivity contribution in [3.8, 4) is 5.75 Å². The van der Waals surface area contributed by atoms with Crippen molar-refractivity contribution in [3.05, 3.63) is 28.8 Å². The molecule has 3 heteroatoms. The zero-order chi connectivity index (χ0) is 10.8. The van der Waals surface area contributed by atoms with Crippen molar-refractivity contribution in [2.24, 2.45) is 5.92 Å². The first kappa shape index (κ1) is 10.5. The second-order valence-electron chi connectivity index (χ2n) is 3.72. The van der Waals surface area contributed by atoms with E-state index >= 15 is 0 Å². The molecule has 80 valence electrons. The fraction of sp³-hybridized carbons (Fsp3) is 0.417. The van der Waals surface area contributed by atoms with E-state index in [0.717, 1.165) is 12.8 Å². The van der Waals surface area contributed by atoms with E-state index in [0.29, 0.717) is 22.9 Å². The molecule has 1 aromatic carbocycles. The number of benzene rings is 1. The van der Waals surface area contributed by atoms with Gasteiger partial charge < -0.3 is 4.74 Å². The van der Waals surface area contributed by atoms with E-state index in [-0.39, 0.29) is 11.7 Å². The lowest BCUT2D eigenvalue weighted by atomic mass is 10.1. The van der Waals surface area contributed by atoms with Crippen LogP contribution in [0, 0.1) is 5.92 Å². The Bertz CT molecular complexity index is 383. The van der Waals surface area contributed by atoms with Crippen LogP contribution >= 0.6 is 11.6 Å². The zero-order valence-electron chi connectivity index (χ0n) is 8.63. The number of ether oxygens (including phenoxy) is 1. The van der Waals surface area contributed by atoms with E-state index in [2.05, 4.69) is 0 Å². The Balaban J connectivity index is 2.20. The van der Waals surface area contributed by atoms with Crippen LogP contribution in [0.15, 0.2) is 18.2 Å². The summed E-state index contributed by atoms with van der Waals surface area (Å²) < 4.78 is 5.30. The summed E-state index contributed by atoms with van der Waals surface area (Å²) in [5.74, 6) is 1.09. The Kier molecular flexibility index (Phi) is 2.96. The molecule has 15 heavy (non-hydrogen) atoms. The van der Waals surface area contributed by atoms with Crippen LogP contribution in [0.3, 0.4) is 0 Å². The van der Waals surface area contributed by atoms with Crippen molar-refractivity contribution in [2.45, 2.75) is 19.8 Å². The Morgan fingerprint density at radius 2 is 2.27 bits per heavy atom. The fourth-order valence-electron chi connectivity index (χ4n) is 1.51. The van der Waals surface area contributed by atoms with Gasteiger partial charge in [-0.15, -0.1) is 0 Å². The lowest BCUT2D eigenvalue weighted by Crippen LogP contribution is -2.01. The molecule has 0 bridgehead atoms. The van der Waals surface area contributed by atoms with Crippen LogP contribution in [0.1, 0.15) is 30.1 Å². The van der Waals surface area contributed by atoms with Crippen molar-refractivity contribution in [3.63, 3.8) is 0 Å². The summed E-state index contributed by atoms with van der Waals surface area (Å²) in [6.07, 6.45) is 2.04. The molecule has 1 saturated carbocycles. The van der Waals surface area contributed by atoms with E-state index in [1.165, 1.54) is 0 Å². The molecule has 1 aliphatic carbocycles. The van der Waals surface area contributed by atoms with Gasteiger partial charge in [0.15, 0.2) is 5.78 Å². The van der Waals surface area contributed by atoms with Crippen LogP contribution in [0.4, 0.5) is 0 Å². The summed E-state index contributed by atoms with van der Waals surface area (Å²) in [5, 5.41) is 0.517. The normalized spacial score (nSPS) is 15.1. The average Bonchev–Trinajstić information content (AvgIpc) is 3.04. The molecule has 0 aliphatic heterocycles. The molecule has 0 unspecified atom stereocenters. The van der Waals surface area contributed by atoms with Crippen LogP contribution < -0.4 is 4.74 Å². The van der Waals surface area contributed by atoms with Crippen LogP contribution in [-0.2, 0) is 0 Å². The van der Waals surface area contributed by atoms with Crippen LogP contribution in [0.25, 0.3) is 0 Å². The Morgan fingerprint density at radius 1 is 1.53 bits per heavy atom. The topological polar surface area (TPSA) is 26.3 Å². The summed E-state index contributed by atoms with van der Waals surface area (Å²) in [6, 6.07) is 5.26. The maximum absolute atomic E-state index is 11.7. The van der Waals surface area contributed by atoms with Crippen molar-refractivity contribution >= 4 is 17.4 Å². The van der Waals surface area contributed by atoms with Gasteiger partial charge in [-0.3, -0.25) is 4.79 Å². The first-order valence-corrected chi connectivity index (χ1v) is 5.56. The minimum atomic E-state index is 0.208. The standard InChI is InChI=1S/C12H13ClO2/c1-2-15-11-6-5-9(7-10(11)13)12(14)8-3-4-8/h5-8H,2-4H2,1H3. The van der Waals surface area contributed by atoms with Crippen LogP contribution in [0.5, 0.6) is 5.75 Å². The van der Waals surface area contributed by atoms with Gasteiger partial charge >= 0.3 is 0 Å². The van der Waals surface area contributed by atoms with Gasteiger partial charge in [0.05, 0.1) is 11.6 Å². The van der Waals surface area contributed by atoms with Gasteiger partial charge in [0.25, 0.3) is 0 Å². The number of hydrogen-bond donors (Lipinski definition) is 0. The number of hydrogen-bond acceptors (Lipinski definition) is 2. The number of halogens is 1. The summed E-state index contributed by atoms with van der Waals surface area (Å²) in [5.41, 5.74) is 0.700. The zero-order valence-corrected chi connectivity index (χ0v) is 9.38. The summed E-state index contributed by atoms with van der Waals surface area (Å²) in [7, 11) is 0. The number of carbonyl (C=O) groups is 1. The molecule has 0 aromatic heterocycles. The third-order valence-electron chi connectivity index (χ3n) is 2.46. The van der Waals surface area contributed by atoms with Gasteiger partial charge in [0.2, 0.25) is 0 Å². The molecule has 0 heterocycles. The predicted molar refractivity (Wildman–Crippen MR) is 59.7 cm³/mol. The lowest BCUT2D eigenvalue weighted by Gasteiger charge is -2.06. The van der Waals surface area contributed by atoms with Crippen molar-refractivity contribution in [2.75, 3.05) is 6.61 Å². The van der Waals surface area contributed by atoms with Crippen molar-refractivity contribution in [1.29, 1.82) is 0 Å². The highest BCUT2D eigenvalue weighted by atomic mass is 35.5. The van der Waals surface area contributed by atoms with Crippen molar-refractivity contribution in [1.82, 2.24) is 0 Å². The smallest absolute Gasteiger partial charge is 0.165 e. The summed E-state index contributed by atoms with van der Waals surface area (Å²) >= 11 is 6.00. The largest absolute Gasteiger partial charge is 0.492 e. The van der Waals surface area contributed by atoms with Gasteiger partial charge in [0, 0.05) is 11.5 Å². The number of Topliss-reactive ketones (excluding diaryl/α,β-unsaturated/α-hetero) is 1. The van der Waals surface area contributed by atoms with Crippen LogP contribution in [-0.4, -0.2) is 12.4 Å². The van der Waals surface area contributed by atoms with Gasteiger partial charge in [-0.2, -0.15) is 0 Å². The minimum absolute atomic E-state index is 0.208. The molecule has 0 atom stereocenters. The Morgan fingerprint density at radius 3 is 2.80 bits per heavy atom. The highest BCUT2D eigenvalue weighted by Crippen LogP contribution is 2.34. The first-order chi connectivity index (χ1) is 7.22. The van der Waals surface area contributed by atoms with Gasteiger partial charge in [0.1, 0.15) is 5.75 Å². The SMILES string of the molecule is CCOc1ccc(C(=O)C2CC2)cc1Cl. The Hall–Kier alpha value is -1.02. The van der Waals surface area contributed by atoms with Gasteiger partial charge in [-0.05, 0) is 38.0 Å². The molecule has 1 fully saturated rings. The predicted octanol–water partition coefficient (Wildman–Crippen LogP) is 3.33. The highest BCUT2D eigenvalue weighted by molar-refractivity contribution is 6.32. The molecule has 1 aliphatic rings. The van der Waals surface area contributed by atoms with Gasteiger partial charge in [-0.25, -0.2) is 0 Å². The van der Waals surface area contributed by atoms with E-state index in [1.807, 2.05) is 6.92 Å². The monoisotopic (exact) mass is 224 g/mol. The van der Waals surface area contributed by atoms with Gasteiger partial charge in [-0.1, -0.05) is 11.6 Å². The second-order valence-corrected chi connectivity index (χ2v) is 4.12. The third-order valence-corrected chi connectivity index (χ3v) is 2.76. The molecule has 0 spiro atoms. The van der Waals surface area contributed by atoms with Crippen molar-refractivity contribution < 1.29 is 9.53 Å². The molecule has 0 radical (unpaired) electrons. The molecular weight excluding hydrogens is 212 g/mol. The lowest BCUT2D eigenvalue weighted by molar-refractivity contribution is 0.0967.